The van der Waals surface area contributed by atoms with E-state index in [1.165, 1.54) is 0 Å². The van der Waals surface area contributed by atoms with Crippen molar-refractivity contribution >= 4 is 18.0 Å². The smallest absolute Gasteiger partial charge is 0.298 e. The van der Waals surface area contributed by atoms with E-state index in [0.29, 0.717) is 18.0 Å². The van der Waals surface area contributed by atoms with Crippen LogP contribution in [0.1, 0.15) is 15.9 Å². The summed E-state index contributed by atoms with van der Waals surface area (Å²) in [5.74, 6) is -1.97. The van der Waals surface area contributed by atoms with Crippen LogP contribution >= 0.6 is 11.8 Å². The van der Waals surface area contributed by atoms with Crippen molar-refractivity contribution in [3.05, 3.63) is 53.2 Å². The molecular formula is C13H6F5NOS. The lowest BCUT2D eigenvalue weighted by Gasteiger charge is -2.08. The van der Waals surface area contributed by atoms with Gasteiger partial charge in [-0.15, -0.1) is 0 Å². The van der Waals surface area contributed by atoms with E-state index in [4.69, 9.17) is 0 Å². The lowest BCUT2D eigenvalue weighted by atomic mass is 10.2. The minimum absolute atomic E-state index is 0.000321. The van der Waals surface area contributed by atoms with Crippen molar-refractivity contribution in [3.63, 3.8) is 0 Å². The number of nitrogens with zero attached hydrogens (tertiary/aromatic N) is 1. The van der Waals surface area contributed by atoms with Gasteiger partial charge in [-0.05, 0) is 24.3 Å². The van der Waals surface area contributed by atoms with Crippen LogP contribution in [0.25, 0.3) is 0 Å². The highest BCUT2D eigenvalue weighted by molar-refractivity contribution is 7.99. The zero-order valence-electron chi connectivity index (χ0n) is 10.1. The molecule has 0 unspecified atom stereocenters. The number of hydrogen-bond acceptors (Lipinski definition) is 3. The molecule has 0 aliphatic carbocycles. The third-order valence-electron chi connectivity index (χ3n) is 2.43. The first kappa shape index (κ1) is 15.4. The Hall–Kier alpha value is -1.96. The molecular weight excluding hydrogens is 313 g/mol. The molecule has 1 aromatic carbocycles. The molecule has 0 fully saturated rings. The largest absolute Gasteiger partial charge is 0.417 e. The lowest BCUT2D eigenvalue weighted by Crippen LogP contribution is -2.05. The Morgan fingerprint density at radius 1 is 1.10 bits per heavy atom. The van der Waals surface area contributed by atoms with Crippen molar-refractivity contribution in [2.75, 3.05) is 0 Å². The number of carbonyl (C=O) groups is 1. The maximum Gasteiger partial charge on any atom is 0.417 e. The highest BCUT2D eigenvalue weighted by Crippen LogP contribution is 2.33. The number of carbonyl (C=O) groups excluding carboxylic acids is 1. The number of benzene rings is 1. The third kappa shape index (κ3) is 3.57. The van der Waals surface area contributed by atoms with E-state index in [-0.39, 0.29) is 16.9 Å². The Morgan fingerprint density at radius 3 is 2.14 bits per heavy atom. The molecule has 2 aromatic rings. The second-order valence-electron chi connectivity index (χ2n) is 3.92. The highest BCUT2D eigenvalue weighted by Gasteiger charge is 2.30. The molecule has 2 rings (SSSR count). The Labute approximate surface area is 120 Å². The Morgan fingerprint density at radius 2 is 1.71 bits per heavy atom. The first-order valence-corrected chi connectivity index (χ1v) is 6.28. The molecule has 1 aromatic heterocycles. The summed E-state index contributed by atoms with van der Waals surface area (Å²) in [5, 5.41) is -0.000321. The van der Waals surface area contributed by atoms with Gasteiger partial charge in [0.2, 0.25) is 0 Å². The van der Waals surface area contributed by atoms with Crippen molar-refractivity contribution in [1.29, 1.82) is 0 Å². The number of alkyl halides is 3. The molecule has 21 heavy (non-hydrogen) atoms. The Balaban J connectivity index is 2.28. The van der Waals surface area contributed by atoms with Crippen LogP contribution in [0.4, 0.5) is 22.0 Å². The van der Waals surface area contributed by atoms with Crippen molar-refractivity contribution < 1.29 is 26.7 Å². The molecule has 0 atom stereocenters. The van der Waals surface area contributed by atoms with Crippen LogP contribution in [0.2, 0.25) is 0 Å². The molecule has 0 amide bonds. The Kier molecular flexibility index (Phi) is 4.26. The fourth-order valence-corrected chi connectivity index (χ4v) is 2.22. The van der Waals surface area contributed by atoms with E-state index in [9.17, 15) is 26.7 Å². The number of rotatable bonds is 3. The molecule has 110 valence electrons. The first-order valence-electron chi connectivity index (χ1n) is 5.46. The second-order valence-corrected chi connectivity index (χ2v) is 4.95. The summed E-state index contributed by atoms with van der Waals surface area (Å²) in [6.45, 7) is 0. The summed E-state index contributed by atoms with van der Waals surface area (Å²) in [4.78, 5) is 13.5. The molecule has 8 heteroatoms. The standard InChI is InChI=1S/C13H6F5NOS/c14-9-3-7(6-20)4-10(15)12(9)21-11-2-1-8(5-19-11)13(16,17)18/h1-6H. The number of halogens is 5. The average Bonchev–Trinajstić information content (AvgIpc) is 2.42. The molecule has 0 N–H and O–H groups in total. The monoisotopic (exact) mass is 319 g/mol. The number of aldehydes is 1. The normalized spacial score (nSPS) is 11.5. The van der Waals surface area contributed by atoms with E-state index in [1.54, 1.807) is 0 Å². The average molecular weight is 319 g/mol. The Bertz CT molecular complexity index is 646. The van der Waals surface area contributed by atoms with E-state index in [0.717, 1.165) is 24.3 Å². The molecule has 0 saturated heterocycles. The van der Waals surface area contributed by atoms with Crippen molar-refractivity contribution in [2.45, 2.75) is 16.1 Å². The molecule has 0 aliphatic rings. The molecule has 0 spiro atoms. The predicted molar refractivity (Wildman–Crippen MR) is 65.1 cm³/mol. The van der Waals surface area contributed by atoms with E-state index < -0.39 is 28.3 Å². The van der Waals surface area contributed by atoms with Crippen molar-refractivity contribution in [1.82, 2.24) is 4.98 Å². The van der Waals surface area contributed by atoms with E-state index in [1.807, 2.05) is 0 Å². The molecule has 0 radical (unpaired) electrons. The van der Waals surface area contributed by atoms with Crippen LogP contribution in [0.3, 0.4) is 0 Å². The first-order chi connectivity index (χ1) is 9.81. The van der Waals surface area contributed by atoms with E-state index >= 15 is 0 Å². The maximum absolute atomic E-state index is 13.6. The van der Waals surface area contributed by atoms with Gasteiger partial charge in [0.1, 0.15) is 22.9 Å². The fourth-order valence-electron chi connectivity index (χ4n) is 1.46. The fraction of sp³-hybridized carbons (Fsp3) is 0.0769. The van der Waals surface area contributed by atoms with Gasteiger partial charge in [0.15, 0.2) is 0 Å². The zero-order chi connectivity index (χ0) is 15.6. The summed E-state index contributed by atoms with van der Waals surface area (Å²) in [5.41, 5.74) is -1.13. The highest BCUT2D eigenvalue weighted by atomic mass is 32.2. The summed E-state index contributed by atoms with van der Waals surface area (Å²) in [6, 6.07) is 3.45. The summed E-state index contributed by atoms with van der Waals surface area (Å²) in [7, 11) is 0. The second kappa shape index (κ2) is 5.80. The predicted octanol–water partition coefficient (Wildman–Crippen LogP) is 4.34. The minimum Gasteiger partial charge on any atom is -0.298 e. The van der Waals surface area contributed by atoms with Gasteiger partial charge in [0.05, 0.1) is 10.5 Å². The van der Waals surface area contributed by atoms with E-state index in [2.05, 4.69) is 4.98 Å². The SMILES string of the molecule is O=Cc1cc(F)c(Sc2ccc(C(F)(F)F)cn2)c(F)c1. The van der Waals surface area contributed by atoms with Crippen LogP contribution in [0, 0.1) is 11.6 Å². The van der Waals surface area contributed by atoms with Crippen LogP contribution in [-0.4, -0.2) is 11.3 Å². The summed E-state index contributed by atoms with van der Waals surface area (Å²) >= 11 is 0.535. The minimum atomic E-state index is -4.53. The van der Waals surface area contributed by atoms with Gasteiger partial charge in [-0.1, -0.05) is 11.8 Å². The number of pyridine rings is 1. The summed E-state index contributed by atoms with van der Waals surface area (Å²) in [6.07, 6.45) is -3.66. The molecule has 0 aliphatic heterocycles. The maximum atomic E-state index is 13.6. The van der Waals surface area contributed by atoms with Gasteiger partial charge >= 0.3 is 6.18 Å². The quantitative estimate of drug-likeness (QED) is 0.622. The van der Waals surface area contributed by atoms with Crippen molar-refractivity contribution in [2.24, 2.45) is 0 Å². The van der Waals surface area contributed by atoms with Crippen LogP contribution in [0.15, 0.2) is 40.4 Å². The van der Waals surface area contributed by atoms with Gasteiger partial charge in [0.25, 0.3) is 0 Å². The number of aromatic nitrogens is 1. The van der Waals surface area contributed by atoms with Crippen molar-refractivity contribution in [3.8, 4) is 0 Å². The molecule has 2 nitrogen and oxygen atoms in total. The van der Waals surface area contributed by atoms with Gasteiger partial charge in [-0.25, -0.2) is 13.8 Å². The summed E-state index contributed by atoms with van der Waals surface area (Å²) < 4.78 is 64.3. The van der Waals surface area contributed by atoms with Gasteiger partial charge in [-0.3, -0.25) is 4.79 Å². The topological polar surface area (TPSA) is 30.0 Å². The molecule has 0 bridgehead atoms. The molecule has 1 heterocycles. The third-order valence-corrected chi connectivity index (χ3v) is 3.47. The van der Waals surface area contributed by atoms with Crippen LogP contribution in [-0.2, 0) is 6.18 Å². The van der Waals surface area contributed by atoms with Gasteiger partial charge in [-0.2, -0.15) is 13.2 Å². The zero-order valence-corrected chi connectivity index (χ0v) is 10.9. The number of hydrogen-bond donors (Lipinski definition) is 0. The van der Waals surface area contributed by atoms with Gasteiger partial charge in [0, 0.05) is 11.8 Å². The lowest BCUT2D eigenvalue weighted by molar-refractivity contribution is -0.137. The van der Waals surface area contributed by atoms with Gasteiger partial charge < -0.3 is 0 Å². The van der Waals surface area contributed by atoms with Crippen LogP contribution < -0.4 is 0 Å². The molecule has 0 saturated carbocycles. The van der Waals surface area contributed by atoms with Crippen LogP contribution in [0.5, 0.6) is 0 Å².